The molecule has 0 saturated carbocycles. The van der Waals surface area contributed by atoms with Crippen molar-refractivity contribution in [3.63, 3.8) is 0 Å². The molecule has 2 rings (SSSR count). The molecule has 19 heavy (non-hydrogen) atoms. The van der Waals surface area contributed by atoms with Crippen molar-refractivity contribution in [2.45, 2.75) is 6.92 Å². The molecule has 0 bridgehead atoms. The number of hydrogen-bond donors (Lipinski definition) is 0. The van der Waals surface area contributed by atoms with Crippen molar-refractivity contribution in [3.05, 3.63) is 42.2 Å². The van der Waals surface area contributed by atoms with Gasteiger partial charge in [-0.1, -0.05) is 12.1 Å². The topological polar surface area (TPSA) is 48.4 Å². The molecule has 2 aromatic rings. The Hall–Kier alpha value is -2.36. The van der Waals surface area contributed by atoms with E-state index in [1.165, 1.54) is 6.08 Å². The minimum atomic E-state index is -0.371. The SMILES string of the molecule is CCOC(=O)/C=C/c1nccc2c(OC)cccc12. The molecule has 4 nitrogen and oxygen atoms in total. The number of esters is 1. The third-order valence-electron chi connectivity index (χ3n) is 2.68. The molecule has 1 heterocycles. The van der Waals surface area contributed by atoms with Gasteiger partial charge in [-0.2, -0.15) is 0 Å². The zero-order valence-electron chi connectivity index (χ0n) is 10.9. The summed E-state index contributed by atoms with van der Waals surface area (Å²) in [6.07, 6.45) is 4.72. The van der Waals surface area contributed by atoms with Crippen molar-refractivity contribution in [1.82, 2.24) is 4.98 Å². The van der Waals surface area contributed by atoms with Gasteiger partial charge < -0.3 is 9.47 Å². The molecule has 0 aliphatic carbocycles. The molecule has 0 spiro atoms. The predicted molar refractivity (Wildman–Crippen MR) is 74.0 cm³/mol. The normalized spacial score (nSPS) is 10.8. The number of methoxy groups -OCH3 is 1. The third-order valence-corrected chi connectivity index (χ3v) is 2.68. The number of rotatable bonds is 4. The molecule has 0 aliphatic heterocycles. The lowest BCUT2D eigenvalue weighted by atomic mass is 10.1. The standard InChI is InChI=1S/C15H15NO3/c1-3-19-15(17)8-7-13-11-5-4-6-14(18-2)12(11)9-10-16-13/h4-10H,3H2,1-2H3/b8-7+. The highest BCUT2D eigenvalue weighted by Gasteiger charge is 2.04. The quantitative estimate of drug-likeness (QED) is 0.624. The predicted octanol–water partition coefficient (Wildman–Crippen LogP) is 2.82. The maximum atomic E-state index is 11.3. The number of fused-ring (bicyclic) bond motifs is 1. The smallest absolute Gasteiger partial charge is 0.330 e. The van der Waals surface area contributed by atoms with Gasteiger partial charge in [-0.25, -0.2) is 4.79 Å². The van der Waals surface area contributed by atoms with Gasteiger partial charge in [0.05, 0.1) is 19.4 Å². The molecule has 0 aliphatic rings. The molecule has 0 N–H and O–H groups in total. The van der Waals surface area contributed by atoms with Crippen LogP contribution in [-0.4, -0.2) is 24.7 Å². The van der Waals surface area contributed by atoms with Gasteiger partial charge in [0.25, 0.3) is 0 Å². The highest BCUT2D eigenvalue weighted by Crippen LogP contribution is 2.27. The lowest BCUT2D eigenvalue weighted by Gasteiger charge is -2.06. The molecule has 0 amide bonds. The van der Waals surface area contributed by atoms with E-state index in [0.29, 0.717) is 12.3 Å². The van der Waals surface area contributed by atoms with Gasteiger partial charge in [-0.05, 0) is 25.1 Å². The molecular formula is C15H15NO3. The summed E-state index contributed by atoms with van der Waals surface area (Å²) in [7, 11) is 1.63. The Labute approximate surface area is 111 Å². The Balaban J connectivity index is 2.42. The minimum absolute atomic E-state index is 0.361. The van der Waals surface area contributed by atoms with Crippen molar-refractivity contribution in [1.29, 1.82) is 0 Å². The van der Waals surface area contributed by atoms with E-state index in [9.17, 15) is 4.79 Å². The molecule has 0 radical (unpaired) electrons. The number of hydrogen-bond acceptors (Lipinski definition) is 4. The molecule has 1 aromatic heterocycles. The zero-order chi connectivity index (χ0) is 13.7. The summed E-state index contributed by atoms with van der Waals surface area (Å²) in [4.78, 5) is 15.6. The summed E-state index contributed by atoms with van der Waals surface area (Å²) in [5.41, 5.74) is 0.712. The van der Waals surface area contributed by atoms with Crippen molar-refractivity contribution in [2.24, 2.45) is 0 Å². The fourth-order valence-corrected chi connectivity index (χ4v) is 1.85. The number of aromatic nitrogens is 1. The van der Waals surface area contributed by atoms with E-state index in [-0.39, 0.29) is 5.97 Å². The first-order chi connectivity index (χ1) is 9.26. The lowest BCUT2D eigenvalue weighted by molar-refractivity contribution is -0.137. The Morgan fingerprint density at radius 2 is 2.16 bits per heavy atom. The van der Waals surface area contributed by atoms with E-state index in [0.717, 1.165) is 16.5 Å². The van der Waals surface area contributed by atoms with Crippen LogP contribution in [0, 0.1) is 0 Å². The molecule has 4 heteroatoms. The summed E-state index contributed by atoms with van der Waals surface area (Å²) in [6, 6.07) is 7.61. The lowest BCUT2D eigenvalue weighted by Crippen LogP contribution is -1.99. The first-order valence-electron chi connectivity index (χ1n) is 6.02. The van der Waals surface area contributed by atoms with Crippen LogP contribution in [0.15, 0.2) is 36.5 Å². The van der Waals surface area contributed by atoms with Gasteiger partial charge in [-0.3, -0.25) is 4.98 Å². The van der Waals surface area contributed by atoms with E-state index < -0.39 is 0 Å². The molecule has 0 unspecified atom stereocenters. The van der Waals surface area contributed by atoms with Crippen LogP contribution in [0.25, 0.3) is 16.8 Å². The van der Waals surface area contributed by atoms with Gasteiger partial charge >= 0.3 is 5.97 Å². The number of ether oxygens (including phenoxy) is 2. The zero-order valence-corrected chi connectivity index (χ0v) is 10.9. The van der Waals surface area contributed by atoms with Crippen LogP contribution in [0.5, 0.6) is 5.75 Å². The highest BCUT2D eigenvalue weighted by molar-refractivity contribution is 5.96. The number of nitrogens with zero attached hydrogens (tertiary/aromatic N) is 1. The first-order valence-corrected chi connectivity index (χ1v) is 6.02. The van der Waals surface area contributed by atoms with Crippen LogP contribution in [0.1, 0.15) is 12.6 Å². The van der Waals surface area contributed by atoms with E-state index in [4.69, 9.17) is 9.47 Å². The molecule has 0 fully saturated rings. The van der Waals surface area contributed by atoms with E-state index >= 15 is 0 Å². The average Bonchev–Trinajstić information content (AvgIpc) is 2.44. The molecule has 0 atom stereocenters. The average molecular weight is 257 g/mol. The highest BCUT2D eigenvalue weighted by atomic mass is 16.5. The Bertz CT molecular complexity index is 620. The first kappa shape index (κ1) is 13.1. The number of carbonyl (C=O) groups excluding carboxylic acids is 1. The summed E-state index contributed by atoms with van der Waals surface area (Å²) < 4.78 is 10.1. The second-order valence-corrected chi connectivity index (χ2v) is 3.84. The Morgan fingerprint density at radius 1 is 1.32 bits per heavy atom. The van der Waals surface area contributed by atoms with Crippen LogP contribution in [0.3, 0.4) is 0 Å². The third kappa shape index (κ3) is 2.91. The summed E-state index contributed by atoms with van der Waals surface area (Å²) in [5, 5.41) is 1.89. The summed E-state index contributed by atoms with van der Waals surface area (Å²) >= 11 is 0. The van der Waals surface area contributed by atoms with Gasteiger partial charge in [-0.15, -0.1) is 0 Å². The van der Waals surface area contributed by atoms with Gasteiger partial charge in [0.15, 0.2) is 0 Å². The maximum absolute atomic E-state index is 11.3. The Kier molecular flexibility index (Phi) is 4.13. The van der Waals surface area contributed by atoms with Gasteiger partial charge in [0.2, 0.25) is 0 Å². The van der Waals surface area contributed by atoms with Crippen molar-refractivity contribution in [2.75, 3.05) is 13.7 Å². The fraction of sp³-hybridized carbons (Fsp3) is 0.200. The maximum Gasteiger partial charge on any atom is 0.330 e. The Morgan fingerprint density at radius 3 is 2.89 bits per heavy atom. The number of benzene rings is 1. The van der Waals surface area contributed by atoms with Crippen LogP contribution in [-0.2, 0) is 9.53 Å². The number of carbonyl (C=O) groups is 1. The second kappa shape index (κ2) is 6.00. The fourth-order valence-electron chi connectivity index (χ4n) is 1.85. The van der Waals surface area contributed by atoms with E-state index in [2.05, 4.69) is 4.98 Å². The monoisotopic (exact) mass is 257 g/mol. The minimum Gasteiger partial charge on any atom is -0.496 e. The number of pyridine rings is 1. The van der Waals surface area contributed by atoms with E-state index in [1.807, 2.05) is 24.3 Å². The van der Waals surface area contributed by atoms with Crippen LogP contribution < -0.4 is 4.74 Å². The summed E-state index contributed by atoms with van der Waals surface area (Å²) in [5.74, 6) is 0.412. The molecule has 0 saturated heterocycles. The van der Waals surface area contributed by atoms with Gasteiger partial charge in [0, 0.05) is 23.0 Å². The van der Waals surface area contributed by atoms with E-state index in [1.54, 1.807) is 26.3 Å². The van der Waals surface area contributed by atoms with Gasteiger partial charge in [0.1, 0.15) is 5.75 Å². The molecular weight excluding hydrogens is 242 g/mol. The van der Waals surface area contributed by atoms with Crippen LogP contribution in [0.2, 0.25) is 0 Å². The summed E-state index contributed by atoms with van der Waals surface area (Å²) in [6.45, 7) is 2.13. The molecule has 98 valence electrons. The van der Waals surface area contributed by atoms with Crippen LogP contribution in [0.4, 0.5) is 0 Å². The van der Waals surface area contributed by atoms with Crippen molar-refractivity contribution < 1.29 is 14.3 Å². The van der Waals surface area contributed by atoms with Crippen LogP contribution >= 0.6 is 0 Å². The largest absolute Gasteiger partial charge is 0.496 e. The molecule has 1 aromatic carbocycles. The van der Waals surface area contributed by atoms with Crippen molar-refractivity contribution >= 4 is 22.8 Å². The van der Waals surface area contributed by atoms with Crippen molar-refractivity contribution in [3.8, 4) is 5.75 Å². The second-order valence-electron chi connectivity index (χ2n) is 3.84.